The van der Waals surface area contributed by atoms with Crippen molar-refractivity contribution in [3.05, 3.63) is 65.7 Å². The minimum atomic E-state index is 0.459. The molecule has 1 heteroatoms. The van der Waals surface area contributed by atoms with E-state index in [4.69, 9.17) is 4.74 Å². The summed E-state index contributed by atoms with van der Waals surface area (Å²) < 4.78 is 6.10. The van der Waals surface area contributed by atoms with Crippen molar-refractivity contribution in [3.63, 3.8) is 0 Å². The SMILES string of the molecule is c1ccc(COc2cccc(C34CC5CC(CC(C5)C3)C4)c2)cc1. The third-order valence-electron chi connectivity index (χ3n) is 6.73. The highest BCUT2D eigenvalue weighted by Gasteiger charge is 2.51. The predicted octanol–water partition coefficient (Wildman–Crippen LogP) is 5.73. The molecule has 0 saturated heterocycles. The van der Waals surface area contributed by atoms with E-state index in [0.717, 1.165) is 23.5 Å². The average molecular weight is 318 g/mol. The van der Waals surface area contributed by atoms with Gasteiger partial charge in [0.05, 0.1) is 0 Å². The molecular weight excluding hydrogens is 292 g/mol. The van der Waals surface area contributed by atoms with Crippen molar-refractivity contribution in [2.45, 2.75) is 50.5 Å². The normalized spacial score (nSPS) is 33.6. The second-order valence-corrected chi connectivity index (χ2v) is 8.50. The van der Waals surface area contributed by atoms with Crippen LogP contribution < -0.4 is 4.74 Å². The fourth-order valence-corrected chi connectivity index (χ4v) is 6.12. The minimum absolute atomic E-state index is 0.459. The fourth-order valence-electron chi connectivity index (χ4n) is 6.12. The van der Waals surface area contributed by atoms with Gasteiger partial charge in [-0.3, -0.25) is 0 Å². The van der Waals surface area contributed by atoms with Crippen LogP contribution in [0.15, 0.2) is 54.6 Å². The molecule has 0 atom stereocenters. The van der Waals surface area contributed by atoms with Gasteiger partial charge in [-0.2, -0.15) is 0 Å². The Balaban J connectivity index is 1.37. The first-order valence-electron chi connectivity index (χ1n) is 9.56. The van der Waals surface area contributed by atoms with Crippen LogP contribution in [0.1, 0.15) is 49.7 Å². The molecule has 4 saturated carbocycles. The van der Waals surface area contributed by atoms with Crippen LogP contribution in [0.2, 0.25) is 0 Å². The Bertz CT molecular complexity index is 683. The van der Waals surface area contributed by atoms with Crippen LogP contribution in [-0.4, -0.2) is 0 Å². The zero-order valence-corrected chi connectivity index (χ0v) is 14.3. The Labute approximate surface area is 145 Å². The summed E-state index contributed by atoms with van der Waals surface area (Å²) in [4.78, 5) is 0. The highest BCUT2D eigenvalue weighted by molar-refractivity contribution is 5.36. The molecular formula is C23H26O. The molecule has 2 aromatic carbocycles. The molecule has 4 bridgehead atoms. The van der Waals surface area contributed by atoms with Crippen molar-refractivity contribution < 1.29 is 4.74 Å². The van der Waals surface area contributed by atoms with E-state index in [2.05, 4.69) is 54.6 Å². The quantitative estimate of drug-likeness (QED) is 0.699. The number of benzene rings is 2. The van der Waals surface area contributed by atoms with Gasteiger partial charge in [0.2, 0.25) is 0 Å². The predicted molar refractivity (Wildman–Crippen MR) is 97.1 cm³/mol. The maximum Gasteiger partial charge on any atom is 0.120 e. The summed E-state index contributed by atoms with van der Waals surface area (Å²) in [5, 5.41) is 0. The van der Waals surface area contributed by atoms with Crippen LogP contribution in [0.4, 0.5) is 0 Å². The van der Waals surface area contributed by atoms with Gasteiger partial charge in [-0.1, -0.05) is 42.5 Å². The summed E-state index contributed by atoms with van der Waals surface area (Å²) in [6, 6.07) is 19.5. The van der Waals surface area contributed by atoms with Crippen molar-refractivity contribution in [2.24, 2.45) is 17.8 Å². The molecule has 0 amide bonds. The van der Waals surface area contributed by atoms with Gasteiger partial charge < -0.3 is 4.74 Å². The van der Waals surface area contributed by atoms with E-state index in [1.54, 1.807) is 5.56 Å². The molecule has 4 fully saturated rings. The minimum Gasteiger partial charge on any atom is -0.489 e. The molecule has 0 heterocycles. The third-order valence-corrected chi connectivity index (χ3v) is 6.73. The molecule has 0 aliphatic heterocycles. The van der Waals surface area contributed by atoms with E-state index >= 15 is 0 Å². The Morgan fingerprint density at radius 2 is 1.46 bits per heavy atom. The van der Waals surface area contributed by atoms with Crippen LogP contribution >= 0.6 is 0 Å². The molecule has 0 aromatic heterocycles. The highest BCUT2D eigenvalue weighted by atomic mass is 16.5. The molecule has 6 rings (SSSR count). The zero-order chi connectivity index (χ0) is 16.0. The van der Waals surface area contributed by atoms with Gasteiger partial charge in [0, 0.05) is 0 Å². The van der Waals surface area contributed by atoms with Gasteiger partial charge in [-0.15, -0.1) is 0 Å². The molecule has 0 radical (unpaired) electrons. The molecule has 4 aliphatic carbocycles. The van der Waals surface area contributed by atoms with Crippen molar-refractivity contribution in [1.29, 1.82) is 0 Å². The lowest BCUT2D eigenvalue weighted by atomic mass is 9.48. The van der Waals surface area contributed by atoms with Crippen LogP contribution in [0.25, 0.3) is 0 Å². The summed E-state index contributed by atoms with van der Waals surface area (Å²) in [5.41, 5.74) is 3.24. The lowest BCUT2D eigenvalue weighted by Gasteiger charge is -2.57. The number of rotatable bonds is 4. The first kappa shape index (κ1) is 14.6. The first-order valence-corrected chi connectivity index (χ1v) is 9.56. The maximum absolute atomic E-state index is 6.10. The molecule has 0 spiro atoms. The van der Waals surface area contributed by atoms with Crippen LogP contribution in [0.3, 0.4) is 0 Å². The van der Waals surface area contributed by atoms with Gasteiger partial charge >= 0.3 is 0 Å². The Kier molecular flexibility index (Phi) is 3.43. The van der Waals surface area contributed by atoms with Crippen molar-refractivity contribution in [1.82, 2.24) is 0 Å². The number of hydrogen-bond donors (Lipinski definition) is 0. The van der Waals surface area contributed by atoms with E-state index in [-0.39, 0.29) is 0 Å². The second kappa shape index (κ2) is 5.65. The fraction of sp³-hybridized carbons (Fsp3) is 0.478. The van der Waals surface area contributed by atoms with Crippen LogP contribution in [0, 0.1) is 17.8 Å². The monoisotopic (exact) mass is 318 g/mol. The maximum atomic E-state index is 6.10. The van der Waals surface area contributed by atoms with Gasteiger partial charge in [-0.05, 0) is 85.0 Å². The van der Waals surface area contributed by atoms with Gasteiger partial charge in [0.1, 0.15) is 12.4 Å². The van der Waals surface area contributed by atoms with Crippen molar-refractivity contribution >= 4 is 0 Å². The highest BCUT2D eigenvalue weighted by Crippen LogP contribution is 2.60. The Morgan fingerprint density at radius 3 is 2.12 bits per heavy atom. The number of ether oxygens (including phenoxy) is 1. The van der Waals surface area contributed by atoms with Gasteiger partial charge in [-0.25, -0.2) is 0 Å². The van der Waals surface area contributed by atoms with E-state index in [1.807, 2.05) is 0 Å². The Morgan fingerprint density at radius 1 is 0.792 bits per heavy atom. The van der Waals surface area contributed by atoms with E-state index in [1.165, 1.54) is 44.1 Å². The van der Waals surface area contributed by atoms with E-state index in [9.17, 15) is 0 Å². The second-order valence-electron chi connectivity index (χ2n) is 8.50. The summed E-state index contributed by atoms with van der Waals surface area (Å²) in [7, 11) is 0. The standard InChI is InChI=1S/C23H26O/c1-2-5-17(6-3-1)16-24-22-8-4-7-21(12-22)23-13-18-9-19(14-23)11-20(10-18)15-23/h1-8,12,18-20H,9-11,13-16H2. The van der Waals surface area contributed by atoms with E-state index in [0.29, 0.717) is 12.0 Å². The molecule has 0 unspecified atom stereocenters. The Hall–Kier alpha value is -1.76. The average Bonchev–Trinajstić information content (AvgIpc) is 2.60. The van der Waals surface area contributed by atoms with Crippen molar-refractivity contribution in [2.75, 3.05) is 0 Å². The van der Waals surface area contributed by atoms with Gasteiger partial charge in [0.25, 0.3) is 0 Å². The zero-order valence-electron chi connectivity index (χ0n) is 14.3. The first-order chi connectivity index (χ1) is 11.8. The van der Waals surface area contributed by atoms with Crippen LogP contribution in [-0.2, 0) is 12.0 Å². The lowest BCUT2D eigenvalue weighted by Crippen LogP contribution is -2.48. The summed E-state index contributed by atoms with van der Waals surface area (Å²) >= 11 is 0. The van der Waals surface area contributed by atoms with E-state index < -0.39 is 0 Å². The lowest BCUT2D eigenvalue weighted by molar-refractivity contribution is -0.00529. The topological polar surface area (TPSA) is 9.23 Å². The smallest absolute Gasteiger partial charge is 0.120 e. The van der Waals surface area contributed by atoms with Crippen LogP contribution in [0.5, 0.6) is 5.75 Å². The molecule has 24 heavy (non-hydrogen) atoms. The molecule has 1 nitrogen and oxygen atoms in total. The summed E-state index contributed by atoms with van der Waals surface area (Å²) in [6.07, 6.45) is 8.76. The van der Waals surface area contributed by atoms with Gasteiger partial charge in [0.15, 0.2) is 0 Å². The molecule has 2 aromatic rings. The number of hydrogen-bond acceptors (Lipinski definition) is 1. The molecule has 124 valence electrons. The molecule has 4 aliphatic rings. The summed E-state index contributed by atoms with van der Waals surface area (Å²) in [6.45, 7) is 0.658. The largest absolute Gasteiger partial charge is 0.489 e. The third kappa shape index (κ3) is 2.55. The summed E-state index contributed by atoms with van der Waals surface area (Å²) in [5.74, 6) is 4.01. The van der Waals surface area contributed by atoms with Crippen molar-refractivity contribution in [3.8, 4) is 5.75 Å². The molecule has 0 N–H and O–H groups in total.